The van der Waals surface area contributed by atoms with Gasteiger partial charge >= 0.3 is 0 Å². The van der Waals surface area contributed by atoms with Crippen molar-refractivity contribution in [1.82, 2.24) is 9.97 Å². The normalized spacial score (nSPS) is 21.4. The molecule has 156 valence electrons. The first kappa shape index (κ1) is 21.6. The standard InChI is InChI=1S/C20H20F2N6OS/c1-19(8-14(9-20(2,21)22)30-18(24)28-19)16-7-13(5-6-25-16)27-17(29)15-4-3-12(10-23)11-26-15/h3-7,11,14H,8-9H2,1-2H3,(H2,24,28)(H,25,27,29)/t14-,19-/m0/s1. The number of halogens is 2. The number of carbonyl (C=O) groups is 1. The number of pyridine rings is 2. The third-order valence-electron chi connectivity index (χ3n) is 4.55. The number of nitriles is 1. The summed E-state index contributed by atoms with van der Waals surface area (Å²) in [6.45, 7) is 2.68. The third kappa shape index (κ3) is 5.30. The van der Waals surface area contributed by atoms with Crippen molar-refractivity contribution < 1.29 is 13.6 Å². The molecule has 3 N–H and O–H groups in total. The molecule has 0 saturated carbocycles. The average molecular weight is 430 g/mol. The highest BCUT2D eigenvalue weighted by Crippen LogP contribution is 2.42. The number of hydrogen-bond acceptors (Lipinski definition) is 7. The zero-order valence-corrected chi connectivity index (χ0v) is 17.2. The van der Waals surface area contributed by atoms with E-state index in [1.165, 1.54) is 24.5 Å². The van der Waals surface area contributed by atoms with Crippen molar-refractivity contribution in [2.75, 3.05) is 5.32 Å². The zero-order valence-electron chi connectivity index (χ0n) is 16.4. The van der Waals surface area contributed by atoms with Crippen LogP contribution in [0.4, 0.5) is 14.5 Å². The first-order valence-corrected chi connectivity index (χ1v) is 10.00. The van der Waals surface area contributed by atoms with Gasteiger partial charge in [0.15, 0.2) is 5.17 Å². The Labute approximate surface area is 176 Å². The lowest BCUT2D eigenvalue weighted by Gasteiger charge is -2.34. The van der Waals surface area contributed by atoms with Crippen LogP contribution in [0.25, 0.3) is 0 Å². The number of nitrogens with two attached hydrogens (primary N) is 1. The minimum absolute atomic E-state index is 0.153. The van der Waals surface area contributed by atoms with Crippen LogP contribution in [0.15, 0.2) is 41.7 Å². The summed E-state index contributed by atoms with van der Waals surface area (Å²) in [6.07, 6.45) is 2.85. The van der Waals surface area contributed by atoms with E-state index in [2.05, 4.69) is 20.3 Å². The predicted molar refractivity (Wildman–Crippen MR) is 111 cm³/mol. The molecule has 3 rings (SSSR count). The Bertz CT molecular complexity index is 1020. The summed E-state index contributed by atoms with van der Waals surface area (Å²) >= 11 is 1.14. The summed E-state index contributed by atoms with van der Waals surface area (Å²) in [6, 6.07) is 8.15. The predicted octanol–water partition coefficient (Wildman–Crippen LogP) is 3.68. The van der Waals surface area contributed by atoms with Crippen LogP contribution >= 0.6 is 11.8 Å². The van der Waals surface area contributed by atoms with Gasteiger partial charge in [0.1, 0.15) is 17.3 Å². The smallest absolute Gasteiger partial charge is 0.274 e. The summed E-state index contributed by atoms with van der Waals surface area (Å²) in [7, 11) is 0. The summed E-state index contributed by atoms with van der Waals surface area (Å²) < 4.78 is 27.0. The number of amidine groups is 1. The second kappa shape index (κ2) is 8.36. The second-order valence-electron chi connectivity index (χ2n) is 7.37. The number of nitrogens with one attached hydrogen (secondary N) is 1. The van der Waals surface area contributed by atoms with Crippen LogP contribution in [0.5, 0.6) is 0 Å². The van der Waals surface area contributed by atoms with E-state index in [-0.39, 0.29) is 17.3 Å². The molecule has 0 fully saturated rings. The van der Waals surface area contributed by atoms with Gasteiger partial charge in [0.25, 0.3) is 5.91 Å². The van der Waals surface area contributed by atoms with Crippen LogP contribution in [-0.2, 0) is 5.54 Å². The Morgan fingerprint density at radius 1 is 1.43 bits per heavy atom. The van der Waals surface area contributed by atoms with Crippen molar-refractivity contribution in [3.8, 4) is 6.07 Å². The van der Waals surface area contributed by atoms with Gasteiger partial charge in [-0.3, -0.25) is 9.78 Å². The molecular weight excluding hydrogens is 410 g/mol. The van der Waals surface area contributed by atoms with Crippen molar-refractivity contribution >= 4 is 28.5 Å². The molecule has 30 heavy (non-hydrogen) atoms. The van der Waals surface area contributed by atoms with E-state index < -0.39 is 22.6 Å². The van der Waals surface area contributed by atoms with Crippen molar-refractivity contribution in [2.45, 2.75) is 43.4 Å². The highest BCUT2D eigenvalue weighted by molar-refractivity contribution is 8.14. The van der Waals surface area contributed by atoms with Gasteiger partial charge in [0, 0.05) is 29.8 Å². The molecule has 1 aliphatic heterocycles. The number of alkyl halides is 2. The van der Waals surface area contributed by atoms with Gasteiger partial charge in [0.2, 0.25) is 5.92 Å². The number of aliphatic imine (C=N–C) groups is 1. The molecule has 0 aliphatic carbocycles. The molecule has 0 aromatic carbocycles. The van der Waals surface area contributed by atoms with Gasteiger partial charge in [0.05, 0.1) is 11.3 Å². The maximum Gasteiger partial charge on any atom is 0.274 e. The molecule has 2 atom stereocenters. The number of rotatable bonds is 5. The number of thioether (sulfide) groups is 1. The highest BCUT2D eigenvalue weighted by atomic mass is 32.2. The molecule has 1 amide bonds. The van der Waals surface area contributed by atoms with Gasteiger partial charge in [-0.25, -0.2) is 18.8 Å². The fraction of sp³-hybridized carbons (Fsp3) is 0.350. The monoisotopic (exact) mass is 430 g/mol. The van der Waals surface area contributed by atoms with Crippen molar-refractivity contribution in [2.24, 2.45) is 10.7 Å². The molecule has 0 spiro atoms. The molecule has 10 heteroatoms. The molecule has 0 unspecified atom stereocenters. The van der Waals surface area contributed by atoms with Crippen LogP contribution in [-0.4, -0.2) is 32.2 Å². The Morgan fingerprint density at radius 2 is 2.20 bits per heavy atom. The number of amides is 1. The second-order valence-corrected chi connectivity index (χ2v) is 8.69. The summed E-state index contributed by atoms with van der Waals surface area (Å²) in [5.41, 5.74) is 6.50. The maximum absolute atomic E-state index is 13.5. The third-order valence-corrected chi connectivity index (χ3v) is 5.55. The zero-order chi connectivity index (χ0) is 21.9. The van der Waals surface area contributed by atoms with Gasteiger partial charge in [-0.1, -0.05) is 11.8 Å². The number of anilines is 1. The number of carbonyl (C=O) groups excluding carboxylic acids is 1. The topological polar surface area (TPSA) is 117 Å². The Balaban J connectivity index is 1.80. The lowest BCUT2D eigenvalue weighted by molar-refractivity contribution is 0.0109. The van der Waals surface area contributed by atoms with Crippen LogP contribution < -0.4 is 11.1 Å². The molecule has 1 aliphatic rings. The molecule has 3 heterocycles. The van der Waals surface area contributed by atoms with Crippen LogP contribution in [0.1, 0.15) is 48.4 Å². The molecule has 7 nitrogen and oxygen atoms in total. The minimum Gasteiger partial charge on any atom is -0.379 e. The molecule has 2 aromatic rings. The van der Waals surface area contributed by atoms with E-state index >= 15 is 0 Å². The molecule has 0 saturated heterocycles. The lowest BCUT2D eigenvalue weighted by atomic mass is 9.89. The van der Waals surface area contributed by atoms with Gasteiger partial charge in [-0.2, -0.15) is 5.26 Å². The average Bonchev–Trinajstić information content (AvgIpc) is 2.66. The Hall–Kier alpha value is -3.06. The SMILES string of the molecule is CC(F)(F)C[C@@H]1C[C@@](C)(c2cc(NC(=O)c3ccc(C#N)cn3)ccn2)N=C(N)S1. The van der Waals surface area contributed by atoms with Gasteiger partial charge < -0.3 is 11.1 Å². The van der Waals surface area contributed by atoms with Gasteiger partial charge in [-0.05, 0) is 44.5 Å². The summed E-state index contributed by atoms with van der Waals surface area (Å²) in [4.78, 5) is 25.2. The van der Waals surface area contributed by atoms with E-state index in [0.29, 0.717) is 23.4 Å². The fourth-order valence-electron chi connectivity index (χ4n) is 3.24. The molecule has 2 aromatic heterocycles. The highest BCUT2D eigenvalue weighted by Gasteiger charge is 2.39. The summed E-state index contributed by atoms with van der Waals surface area (Å²) in [5, 5.41) is 11.4. The molecule has 0 radical (unpaired) electrons. The van der Waals surface area contributed by atoms with E-state index in [0.717, 1.165) is 18.7 Å². The molecule has 0 bridgehead atoms. The van der Waals surface area contributed by atoms with Crippen LogP contribution in [0.3, 0.4) is 0 Å². The van der Waals surface area contributed by atoms with Crippen molar-refractivity contribution in [1.29, 1.82) is 5.26 Å². The number of hydrogen-bond donors (Lipinski definition) is 2. The largest absolute Gasteiger partial charge is 0.379 e. The summed E-state index contributed by atoms with van der Waals surface area (Å²) in [5.74, 6) is -3.26. The molecular formula is C20H20F2N6OS. The Kier molecular flexibility index (Phi) is 6.03. The van der Waals surface area contributed by atoms with Gasteiger partial charge in [-0.15, -0.1) is 0 Å². The first-order chi connectivity index (χ1) is 14.1. The number of aromatic nitrogens is 2. The van der Waals surface area contributed by atoms with E-state index in [9.17, 15) is 13.6 Å². The minimum atomic E-state index is -2.81. The number of nitrogens with zero attached hydrogens (tertiary/aromatic N) is 4. The van der Waals surface area contributed by atoms with E-state index in [1.54, 1.807) is 19.1 Å². The quantitative estimate of drug-likeness (QED) is 0.747. The fourth-order valence-corrected chi connectivity index (χ4v) is 4.62. The Morgan fingerprint density at radius 3 is 2.83 bits per heavy atom. The van der Waals surface area contributed by atoms with Crippen LogP contribution in [0.2, 0.25) is 0 Å². The maximum atomic E-state index is 13.5. The first-order valence-electron chi connectivity index (χ1n) is 9.12. The van der Waals surface area contributed by atoms with Crippen molar-refractivity contribution in [3.05, 3.63) is 53.6 Å². The van der Waals surface area contributed by atoms with E-state index in [1.807, 2.05) is 6.07 Å². The van der Waals surface area contributed by atoms with Crippen LogP contribution in [0, 0.1) is 11.3 Å². The van der Waals surface area contributed by atoms with Crippen molar-refractivity contribution in [3.63, 3.8) is 0 Å². The van der Waals surface area contributed by atoms with E-state index in [4.69, 9.17) is 11.0 Å². The lowest BCUT2D eigenvalue weighted by Crippen LogP contribution is -2.36.